The summed E-state index contributed by atoms with van der Waals surface area (Å²) < 4.78 is 6.22. The van der Waals surface area contributed by atoms with E-state index in [0.717, 1.165) is 31.2 Å². The lowest BCUT2D eigenvalue weighted by atomic mass is 9.80. The predicted molar refractivity (Wildman–Crippen MR) is 93.1 cm³/mol. The molecule has 0 aromatic heterocycles. The van der Waals surface area contributed by atoms with Crippen LogP contribution in [0.1, 0.15) is 55.8 Å². The van der Waals surface area contributed by atoms with Crippen LogP contribution in [0.2, 0.25) is 0 Å². The molecule has 1 aliphatic carbocycles. The van der Waals surface area contributed by atoms with Crippen molar-refractivity contribution in [2.45, 2.75) is 56.8 Å². The van der Waals surface area contributed by atoms with E-state index in [-0.39, 0.29) is 6.10 Å². The molecule has 0 saturated heterocycles. The van der Waals surface area contributed by atoms with Crippen LogP contribution in [0.4, 0.5) is 0 Å². The highest BCUT2D eigenvalue weighted by Gasteiger charge is 2.33. The summed E-state index contributed by atoms with van der Waals surface area (Å²) in [5.74, 6) is 0. The molecule has 0 spiro atoms. The average molecular weight is 310 g/mol. The molecule has 2 heteroatoms. The van der Waals surface area contributed by atoms with E-state index in [9.17, 15) is 5.11 Å². The maximum Gasteiger partial charge on any atom is 0.0856 e. The Morgan fingerprint density at radius 1 is 0.870 bits per heavy atom. The van der Waals surface area contributed by atoms with Gasteiger partial charge in [0.05, 0.1) is 18.3 Å². The molecule has 1 aliphatic rings. The van der Waals surface area contributed by atoms with Gasteiger partial charge in [0.2, 0.25) is 0 Å². The minimum Gasteiger partial charge on any atom is -0.390 e. The van der Waals surface area contributed by atoms with Crippen molar-refractivity contribution < 1.29 is 9.84 Å². The van der Waals surface area contributed by atoms with Gasteiger partial charge in [0.15, 0.2) is 0 Å². The zero-order chi connectivity index (χ0) is 16.0. The molecule has 1 saturated carbocycles. The molecule has 0 amide bonds. The molecule has 0 heterocycles. The van der Waals surface area contributed by atoms with Crippen LogP contribution in [-0.4, -0.2) is 10.7 Å². The fourth-order valence-electron chi connectivity index (χ4n) is 3.47. The van der Waals surface area contributed by atoms with Crippen molar-refractivity contribution in [3.63, 3.8) is 0 Å². The predicted octanol–water partition coefficient (Wildman–Crippen LogP) is 5.03. The van der Waals surface area contributed by atoms with Gasteiger partial charge in [-0.05, 0) is 24.0 Å². The van der Waals surface area contributed by atoms with Gasteiger partial charge in [0, 0.05) is 6.42 Å². The molecule has 1 atom stereocenters. The van der Waals surface area contributed by atoms with Crippen LogP contribution in [0, 0.1) is 0 Å². The molecule has 1 unspecified atom stereocenters. The van der Waals surface area contributed by atoms with Gasteiger partial charge in [-0.2, -0.15) is 0 Å². The first kappa shape index (κ1) is 16.2. The lowest BCUT2D eigenvalue weighted by Gasteiger charge is -2.35. The van der Waals surface area contributed by atoms with E-state index in [2.05, 4.69) is 24.3 Å². The van der Waals surface area contributed by atoms with Gasteiger partial charge in [-0.3, -0.25) is 0 Å². The first-order chi connectivity index (χ1) is 11.3. The van der Waals surface area contributed by atoms with Crippen LogP contribution in [-0.2, 0) is 11.3 Å². The summed E-state index contributed by atoms with van der Waals surface area (Å²) in [6.07, 6.45) is 5.90. The number of ether oxygens (including phenoxy) is 1. The van der Waals surface area contributed by atoms with Crippen molar-refractivity contribution in [3.05, 3.63) is 71.8 Å². The summed E-state index contributed by atoms with van der Waals surface area (Å²) >= 11 is 0. The third-order valence-electron chi connectivity index (χ3n) is 4.81. The molecule has 2 aromatic rings. The monoisotopic (exact) mass is 310 g/mol. The molecule has 3 rings (SSSR count). The third kappa shape index (κ3) is 4.66. The second-order valence-electron chi connectivity index (χ2n) is 6.69. The minimum absolute atomic E-state index is 0.0560. The molecule has 122 valence electrons. The fourth-order valence-corrected chi connectivity index (χ4v) is 3.47. The molecule has 2 aromatic carbocycles. The maximum atomic E-state index is 10.9. The normalized spacial score (nSPS) is 18.5. The SMILES string of the molecule is OC1(CC(OCc2ccccc2)c2ccccc2)CCCCC1. The van der Waals surface area contributed by atoms with Gasteiger partial charge in [-0.15, -0.1) is 0 Å². The molecular formula is C21H26O2. The molecule has 2 nitrogen and oxygen atoms in total. The summed E-state index contributed by atoms with van der Waals surface area (Å²) in [5, 5.41) is 10.9. The van der Waals surface area contributed by atoms with Crippen molar-refractivity contribution in [2.75, 3.05) is 0 Å². The number of rotatable bonds is 6. The van der Waals surface area contributed by atoms with Gasteiger partial charge in [-0.1, -0.05) is 79.9 Å². The number of hydrogen-bond acceptors (Lipinski definition) is 2. The molecule has 0 aliphatic heterocycles. The second kappa shape index (κ2) is 7.76. The molecular weight excluding hydrogens is 284 g/mol. The Labute approximate surface area is 139 Å². The Kier molecular flexibility index (Phi) is 5.47. The van der Waals surface area contributed by atoms with E-state index in [0.29, 0.717) is 13.0 Å². The highest BCUT2D eigenvalue weighted by atomic mass is 16.5. The van der Waals surface area contributed by atoms with E-state index in [1.165, 1.54) is 12.0 Å². The lowest BCUT2D eigenvalue weighted by molar-refractivity contribution is -0.0649. The molecule has 0 radical (unpaired) electrons. The largest absolute Gasteiger partial charge is 0.390 e. The van der Waals surface area contributed by atoms with Gasteiger partial charge in [0.25, 0.3) is 0 Å². The Balaban J connectivity index is 1.71. The topological polar surface area (TPSA) is 29.5 Å². The summed E-state index contributed by atoms with van der Waals surface area (Å²) in [7, 11) is 0. The highest BCUT2D eigenvalue weighted by Crippen LogP contribution is 2.37. The number of hydrogen-bond donors (Lipinski definition) is 1. The average Bonchev–Trinajstić information content (AvgIpc) is 2.61. The lowest BCUT2D eigenvalue weighted by Crippen LogP contribution is -2.33. The van der Waals surface area contributed by atoms with E-state index in [4.69, 9.17) is 4.74 Å². The van der Waals surface area contributed by atoms with E-state index in [1.807, 2.05) is 36.4 Å². The van der Waals surface area contributed by atoms with Crippen LogP contribution in [0.25, 0.3) is 0 Å². The first-order valence-electron chi connectivity index (χ1n) is 8.68. The zero-order valence-electron chi connectivity index (χ0n) is 13.7. The Morgan fingerprint density at radius 2 is 1.48 bits per heavy atom. The quantitative estimate of drug-likeness (QED) is 0.811. The molecule has 1 N–H and O–H groups in total. The first-order valence-corrected chi connectivity index (χ1v) is 8.68. The number of aliphatic hydroxyl groups is 1. The minimum atomic E-state index is -0.574. The molecule has 23 heavy (non-hydrogen) atoms. The van der Waals surface area contributed by atoms with E-state index in [1.54, 1.807) is 0 Å². The van der Waals surface area contributed by atoms with Crippen LogP contribution in [0.3, 0.4) is 0 Å². The van der Waals surface area contributed by atoms with Crippen molar-refractivity contribution in [3.8, 4) is 0 Å². The van der Waals surface area contributed by atoms with Crippen LogP contribution >= 0.6 is 0 Å². The van der Waals surface area contributed by atoms with Crippen LogP contribution in [0.15, 0.2) is 60.7 Å². The van der Waals surface area contributed by atoms with Crippen molar-refractivity contribution >= 4 is 0 Å². The Hall–Kier alpha value is -1.64. The summed E-state index contributed by atoms with van der Waals surface area (Å²) in [5.41, 5.74) is 1.75. The molecule has 0 bridgehead atoms. The van der Waals surface area contributed by atoms with Gasteiger partial charge >= 0.3 is 0 Å². The second-order valence-corrected chi connectivity index (χ2v) is 6.69. The Bertz CT molecular complexity index is 573. The zero-order valence-corrected chi connectivity index (χ0v) is 13.7. The Morgan fingerprint density at radius 3 is 2.13 bits per heavy atom. The fraction of sp³-hybridized carbons (Fsp3) is 0.429. The van der Waals surface area contributed by atoms with Crippen molar-refractivity contribution in [1.29, 1.82) is 0 Å². The number of benzene rings is 2. The van der Waals surface area contributed by atoms with E-state index >= 15 is 0 Å². The maximum absolute atomic E-state index is 10.9. The summed E-state index contributed by atoms with van der Waals surface area (Å²) in [6, 6.07) is 20.5. The van der Waals surface area contributed by atoms with Gasteiger partial charge < -0.3 is 9.84 Å². The highest BCUT2D eigenvalue weighted by molar-refractivity contribution is 5.19. The standard InChI is InChI=1S/C21H26O2/c22-21(14-8-3-9-15-21)16-20(19-12-6-2-7-13-19)23-17-18-10-4-1-5-11-18/h1-2,4-7,10-13,20,22H,3,8-9,14-17H2. The van der Waals surface area contributed by atoms with E-state index < -0.39 is 5.60 Å². The van der Waals surface area contributed by atoms with Crippen LogP contribution < -0.4 is 0 Å². The summed E-state index contributed by atoms with van der Waals surface area (Å²) in [6.45, 7) is 0.580. The summed E-state index contributed by atoms with van der Waals surface area (Å²) in [4.78, 5) is 0. The van der Waals surface area contributed by atoms with Gasteiger partial charge in [0.1, 0.15) is 0 Å². The molecule has 1 fully saturated rings. The van der Waals surface area contributed by atoms with Crippen molar-refractivity contribution in [2.24, 2.45) is 0 Å². The smallest absolute Gasteiger partial charge is 0.0856 e. The van der Waals surface area contributed by atoms with Gasteiger partial charge in [-0.25, -0.2) is 0 Å². The third-order valence-corrected chi connectivity index (χ3v) is 4.81. The van der Waals surface area contributed by atoms with Crippen LogP contribution in [0.5, 0.6) is 0 Å². The van der Waals surface area contributed by atoms with Crippen molar-refractivity contribution in [1.82, 2.24) is 0 Å².